The van der Waals surface area contributed by atoms with Crippen molar-refractivity contribution in [1.29, 1.82) is 0 Å². The standard InChI is InChI=1S/C20H23N3O4/c1-13(2)18-10-5-14(3)11-19(18)27-12-20(24)22-21-15(4)16-6-8-17(9-7-16)23(25)26/h5-11,13H,12H2,1-4H3,(H,22,24)/b21-15+. The second-order valence-electron chi connectivity index (χ2n) is 6.52. The van der Waals surface area contributed by atoms with Crippen LogP contribution >= 0.6 is 0 Å². The highest BCUT2D eigenvalue weighted by Crippen LogP contribution is 2.27. The molecule has 0 unspecified atom stereocenters. The molecule has 0 aliphatic rings. The van der Waals surface area contributed by atoms with Crippen molar-refractivity contribution in [2.45, 2.75) is 33.6 Å². The first-order chi connectivity index (χ1) is 12.8. The van der Waals surface area contributed by atoms with Crippen molar-refractivity contribution in [3.63, 3.8) is 0 Å². The summed E-state index contributed by atoms with van der Waals surface area (Å²) in [5, 5.41) is 14.7. The number of nitro benzene ring substituents is 1. The van der Waals surface area contributed by atoms with Crippen molar-refractivity contribution in [2.24, 2.45) is 5.10 Å². The fraction of sp³-hybridized carbons (Fsp3) is 0.300. The van der Waals surface area contributed by atoms with E-state index in [2.05, 4.69) is 24.4 Å². The number of hydrogen-bond acceptors (Lipinski definition) is 5. The van der Waals surface area contributed by atoms with E-state index in [-0.39, 0.29) is 24.1 Å². The summed E-state index contributed by atoms with van der Waals surface area (Å²) in [4.78, 5) is 22.2. The van der Waals surface area contributed by atoms with Gasteiger partial charge >= 0.3 is 0 Å². The first-order valence-electron chi connectivity index (χ1n) is 8.59. The lowest BCUT2D eigenvalue weighted by atomic mass is 10.0. The van der Waals surface area contributed by atoms with Gasteiger partial charge in [0.2, 0.25) is 0 Å². The van der Waals surface area contributed by atoms with E-state index in [1.54, 1.807) is 19.1 Å². The van der Waals surface area contributed by atoms with Gasteiger partial charge in [-0.05, 0) is 54.7 Å². The first kappa shape index (κ1) is 20.1. The van der Waals surface area contributed by atoms with Crippen LogP contribution in [0.25, 0.3) is 0 Å². The van der Waals surface area contributed by atoms with Gasteiger partial charge in [-0.25, -0.2) is 5.43 Å². The fourth-order valence-electron chi connectivity index (χ4n) is 2.45. The molecule has 0 aliphatic carbocycles. The molecule has 0 fully saturated rings. The van der Waals surface area contributed by atoms with Crippen molar-refractivity contribution >= 4 is 17.3 Å². The van der Waals surface area contributed by atoms with Gasteiger partial charge in [0.25, 0.3) is 11.6 Å². The number of carbonyl (C=O) groups excluding carboxylic acids is 1. The van der Waals surface area contributed by atoms with E-state index in [1.165, 1.54) is 12.1 Å². The quantitative estimate of drug-likeness (QED) is 0.454. The molecule has 7 heteroatoms. The van der Waals surface area contributed by atoms with E-state index >= 15 is 0 Å². The van der Waals surface area contributed by atoms with E-state index in [9.17, 15) is 14.9 Å². The van der Waals surface area contributed by atoms with Gasteiger partial charge in [0.1, 0.15) is 5.75 Å². The van der Waals surface area contributed by atoms with Crippen LogP contribution in [0, 0.1) is 17.0 Å². The molecule has 1 amide bonds. The molecular weight excluding hydrogens is 346 g/mol. The third-order valence-electron chi connectivity index (χ3n) is 3.99. The van der Waals surface area contributed by atoms with Gasteiger partial charge in [0.15, 0.2) is 6.61 Å². The molecule has 2 rings (SSSR count). The van der Waals surface area contributed by atoms with Gasteiger partial charge in [-0.2, -0.15) is 5.10 Å². The number of rotatable bonds is 7. The Morgan fingerprint density at radius 3 is 2.48 bits per heavy atom. The van der Waals surface area contributed by atoms with Crippen LogP contribution in [-0.4, -0.2) is 23.1 Å². The zero-order chi connectivity index (χ0) is 20.0. The van der Waals surface area contributed by atoms with Crippen LogP contribution in [0.4, 0.5) is 5.69 Å². The molecule has 0 atom stereocenters. The maximum atomic E-state index is 12.0. The molecule has 2 aromatic rings. The molecule has 7 nitrogen and oxygen atoms in total. The lowest BCUT2D eigenvalue weighted by molar-refractivity contribution is -0.384. The van der Waals surface area contributed by atoms with Gasteiger partial charge in [-0.3, -0.25) is 14.9 Å². The Bertz CT molecular complexity index is 858. The molecule has 0 heterocycles. The second kappa shape index (κ2) is 8.93. The topological polar surface area (TPSA) is 93.8 Å². The highest BCUT2D eigenvalue weighted by atomic mass is 16.6. The molecule has 0 saturated heterocycles. The Kier molecular flexibility index (Phi) is 6.65. The molecule has 0 aromatic heterocycles. The number of amides is 1. The third kappa shape index (κ3) is 5.64. The van der Waals surface area contributed by atoms with E-state index in [0.717, 1.165) is 11.1 Å². The van der Waals surface area contributed by atoms with Crippen molar-refractivity contribution in [1.82, 2.24) is 5.43 Å². The van der Waals surface area contributed by atoms with E-state index in [1.807, 2.05) is 25.1 Å². The lowest BCUT2D eigenvalue weighted by Crippen LogP contribution is -2.26. The number of hydrogen-bond donors (Lipinski definition) is 1. The summed E-state index contributed by atoms with van der Waals surface area (Å²) in [6.45, 7) is 7.65. The predicted molar refractivity (Wildman–Crippen MR) is 104 cm³/mol. The summed E-state index contributed by atoms with van der Waals surface area (Å²) < 4.78 is 5.66. The van der Waals surface area contributed by atoms with Gasteiger partial charge < -0.3 is 4.74 Å². The largest absolute Gasteiger partial charge is 0.483 e. The number of ether oxygens (including phenoxy) is 1. The lowest BCUT2D eigenvalue weighted by Gasteiger charge is -2.14. The average Bonchev–Trinajstić information content (AvgIpc) is 2.64. The summed E-state index contributed by atoms with van der Waals surface area (Å²) in [5.74, 6) is 0.592. The highest BCUT2D eigenvalue weighted by molar-refractivity contribution is 5.99. The van der Waals surface area contributed by atoms with E-state index < -0.39 is 4.92 Å². The average molecular weight is 369 g/mol. The number of aryl methyl sites for hydroxylation is 1. The van der Waals surface area contributed by atoms with Crippen molar-refractivity contribution in [3.05, 3.63) is 69.3 Å². The number of nitrogens with one attached hydrogen (secondary N) is 1. The SMILES string of the molecule is C/C(=N\NC(=O)COc1cc(C)ccc1C(C)C)c1ccc([N+](=O)[O-])cc1. The Hall–Kier alpha value is -3.22. The first-order valence-corrected chi connectivity index (χ1v) is 8.59. The molecule has 27 heavy (non-hydrogen) atoms. The van der Waals surface area contributed by atoms with Gasteiger partial charge in [0.05, 0.1) is 10.6 Å². The number of nitro groups is 1. The number of hydrazone groups is 1. The predicted octanol–water partition coefficient (Wildman–Crippen LogP) is 3.95. The second-order valence-corrected chi connectivity index (χ2v) is 6.52. The zero-order valence-corrected chi connectivity index (χ0v) is 15.9. The van der Waals surface area contributed by atoms with Crippen LogP contribution in [-0.2, 0) is 4.79 Å². The monoisotopic (exact) mass is 369 g/mol. The molecule has 142 valence electrons. The van der Waals surface area contributed by atoms with Crippen LogP contribution in [0.3, 0.4) is 0 Å². The zero-order valence-electron chi connectivity index (χ0n) is 15.9. The van der Waals surface area contributed by atoms with Crippen molar-refractivity contribution < 1.29 is 14.5 Å². The number of nitrogens with zero attached hydrogens (tertiary/aromatic N) is 2. The minimum Gasteiger partial charge on any atom is -0.483 e. The van der Waals surface area contributed by atoms with E-state index in [4.69, 9.17) is 4.74 Å². The third-order valence-corrected chi connectivity index (χ3v) is 3.99. The molecule has 2 aromatic carbocycles. The van der Waals surface area contributed by atoms with Gasteiger partial charge in [-0.15, -0.1) is 0 Å². The Morgan fingerprint density at radius 2 is 1.89 bits per heavy atom. The van der Waals surface area contributed by atoms with Crippen LogP contribution in [0.2, 0.25) is 0 Å². The molecular formula is C20H23N3O4. The maximum absolute atomic E-state index is 12.0. The molecule has 0 aliphatic heterocycles. The highest BCUT2D eigenvalue weighted by Gasteiger charge is 2.10. The minimum absolute atomic E-state index is 0.00287. The van der Waals surface area contributed by atoms with Crippen molar-refractivity contribution in [2.75, 3.05) is 6.61 Å². The van der Waals surface area contributed by atoms with Crippen LogP contribution in [0.5, 0.6) is 5.75 Å². The van der Waals surface area contributed by atoms with Crippen LogP contribution in [0.15, 0.2) is 47.6 Å². The van der Waals surface area contributed by atoms with Crippen LogP contribution < -0.4 is 10.2 Å². The minimum atomic E-state index is -0.466. The summed E-state index contributed by atoms with van der Waals surface area (Å²) in [6, 6.07) is 11.9. The molecule has 0 bridgehead atoms. The molecule has 0 spiro atoms. The Labute approximate surface area is 158 Å². The number of benzene rings is 2. The Balaban J connectivity index is 1.97. The summed E-state index contributed by atoms with van der Waals surface area (Å²) in [7, 11) is 0. The smallest absolute Gasteiger partial charge is 0.277 e. The summed E-state index contributed by atoms with van der Waals surface area (Å²) in [5.41, 5.74) is 5.76. The normalized spacial score (nSPS) is 11.4. The van der Waals surface area contributed by atoms with E-state index in [0.29, 0.717) is 17.0 Å². The number of carbonyl (C=O) groups is 1. The molecule has 1 N–H and O–H groups in total. The summed E-state index contributed by atoms with van der Waals surface area (Å²) in [6.07, 6.45) is 0. The molecule has 0 radical (unpaired) electrons. The number of non-ortho nitro benzene ring substituents is 1. The fourth-order valence-corrected chi connectivity index (χ4v) is 2.45. The molecule has 0 saturated carbocycles. The van der Waals surface area contributed by atoms with Gasteiger partial charge in [0, 0.05) is 12.1 Å². The maximum Gasteiger partial charge on any atom is 0.277 e. The van der Waals surface area contributed by atoms with Crippen LogP contribution in [0.1, 0.15) is 43.4 Å². The summed E-state index contributed by atoms with van der Waals surface area (Å²) >= 11 is 0. The van der Waals surface area contributed by atoms with Crippen molar-refractivity contribution in [3.8, 4) is 5.75 Å². The van der Waals surface area contributed by atoms with Gasteiger partial charge in [-0.1, -0.05) is 26.0 Å². The Morgan fingerprint density at radius 1 is 1.22 bits per heavy atom.